The number of nitrogen functional groups attached to an aromatic ring is 1. The van der Waals surface area contributed by atoms with Gasteiger partial charge in [0.15, 0.2) is 34.7 Å². The molecule has 19 heteroatoms. The number of aromatic hydroxyl groups is 2. The lowest BCUT2D eigenvalue weighted by Gasteiger charge is -2.60. The number of benzene rings is 4. The van der Waals surface area contributed by atoms with Gasteiger partial charge in [-0.15, -0.1) is 0 Å². The number of phenols is 2. The van der Waals surface area contributed by atoms with Crippen LogP contribution in [0.1, 0.15) is 86.3 Å². The molecule has 12 rings (SSSR count). The SMILES string of the molecule is Nc1ccc([C@@H](O)[C@H](CO)Oc2ccc(-c3cc(=O)c4c(O)c(O[C@@]56CCC[C@H]5CCCc5c(O)cccc56)c(O[C@@H]5O[C@H](C(=O)O)[C@]6(O)[C@@H]([C@@H]7CNCN7)C(C7(c8ccccc8)CCCC7)=C[C@@]5(O)[C@@H]6O)cc4o3)cc2)[nH]1. The minimum absolute atomic E-state index is 0.0314. The Hall–Kier alpha value is -6.94. The standard InChI is InChI=1S/C59H64N4O15/c60-46-21-20-38(63-46)49(67)45(29-64)74-34-18-16-31(17-19-34)42-25-41(66)47-43(75-42)26-44(51(50(47)68)78-58-24-8-12-33(58)11-6-13-35-36(58)14-7-15-40(35)65)76-55-57(72)27-37(56(22-4-5-23-56)32-9-2-1-3-10-32)48(39-28-61-30-62-39)59(73,54(57)71)52(77-55)53(69)70/h1-3,7,9-10,14-21,25-27,33,39,45,48-49,52,54-55,61-65,67-68,71-73H,4-6,8,11-13,22-24,28-30,60H2,(H,69,70)/t33-,39+,45+,48-,49-,52-,54+,55-,57-,58+,59-/m1/s1. The molecule has 4 heterocycles. The molecular formula is C59H64N4O15. The summed E-state index contributed by atoms with van der Waals surface area (Å²) in [5.74, 6) is -3.59. The maximum absolute atomic E-state index is 14.5. The molecule has 11 atom stereocenters. The summed E-state index contributed by atoms with van der Waals surface area (Å²) in [4.78, 5) is 31.1. The number of nitrogens with one attached hydrogen (secondary N) is 3. The monoisotopic (exact) mass is 1070 g/mol. The lowest BCUT2D eigenvalue weighted by Crippen LogP contribution is -2.80. The van der Waals surface area contributed by atoms with E-state index in [-0.39, 0.29) is 45.6 Å². The van der Waals surface area contributed by atoms with Crippen LogP contribution in [0.5, 0.6) is 28.7 Å². The molecule has 4 fully saturated rings. The maximum Gasteiger partial charge on any atom is 0.336 e. The summed E-state index contributed by atoms with van der Waals surface area (Å²) in [6, 6.07) is 26.2. The second-order valence-corrected chi connectivity index (χ2v) is 22.0. The van der Waals surface area contributed by atoms with Crippen molar-refractivity contribution in [3.05, 3.63) is 141 Å². The molecule has 0 unspecified atom stereocenters. The smallest absolute Gasteiger partial charge is 0.336 e. The fraction of sp³-hybridized carbons (Fsp3) is 0.424. The maximum atomic E-state index is 14.5. The van der Waals surface area contributed by atoms with Crippen LogP contribution in [-0.2, 0) is 27.0 Å². The van der Waals surface area contributed by atoms with Crippen molar-refractivity contribution < 1.29 is 69.0 Å². The van der Waals surface area contributed by atoms with Crippen LogP contribution in [-0.4, -0.2) is 113 Å². The third-order valence-electron chi connectivity index (χ3n) is 17.8. The van der Waals surface area contributed by atoms with E-state index in [9.17, 15) is 50.4 Å². The summed E-state index contributed by atoms with van der Waals surface area (Å²) < 4.78 is 32.7. The summed E-state index contributed by atoms with van der Waals surface area (Å²) in [6.45, 7) is 0.102. The van der Waals surface area contributed by atoms with Gasteiger partial charge < -0.3 is 80.3 Å². The average molecular weight is 1070 g/mol. The van der Waals surface area contributed by atoms with Crippen molar-refractivity contribution in [1.29, 1.82) is 0 Å². The number of carboxylic acid groups (broad SMARTS) is 1. The van der Waals surface area contributed by atoms with E-state index < -0.39 is 88.6 Å². The molecule has 2 saturated heterocycles. The molecule has 4 aromatic carbocycles. The molecular weight excluding hydrogens is 1000 g/mol. The highest BCUT2D eigenvalue weighted by Crippen LogP contribution is 2.60. The summed E-state index contributed by atoms with van der Waals surface area (Å²) in [5.41, 5.74) is 1.07. The van der Waals surface area contributed by atoms with Crippen molar-refractivity contribution in [3.8, 4) is 40.1 Å². The van der Waals surface area contributed by atoms with E-state index in [2.05, 4.69) is 15.6 Å². The molecule has 78 heavy (non-hydrogen) atoms. The van der Waals surface area contributed by atoms with Crippen molar-refractivity contribution in [3.63, 3.8) is 0 Å². The Morgan fingerprint density at radius 2 is 1.68 bits per heavy atom. The molecule has 4 aliphatic carbocycles. The Morgan fingerprint density at radius 3 is 2.38 bits per heavy atom. The summed E-state index contributed by atoms with van der Waals surface area (Å²) in [7, 11) is 0. The van der Waals surface area contributed by atoms with Crippen LogP contribution >= 0.6 is 0 Å². The average Bonchev–Trinajstić information content (AvgIpc) is 4.32. The molecule has 0 radical (unpaired) electrons. The number of nitrogens with two attached hydrogens (primary N) is 1. The number of ether oxygens (including phenoxy) is 4. The Morgan fingerprint density at radius 1 is 0.910 bits per heavy atom. The van der Waals surface area contributed by atoms with Crippen LogP contribution in [0.25, 0.3) is 22.3 Å². The van der Waals surface area contributed by atoms with Crippen molar-refractivity contribution in [2.24, 2.45) is 11.8 Å². The number of phenolic OH excluding ortho intramolecular Hbond substituents is 2. The molecule has 410 valence electrons. The highest BCUT2D eigenvalue weighted by atomic mass is 16.7. The number of hydrogen-bond donors (Lipinski definition) is 12. The lowest BCUT2D eigenvalue weighted by atomic mass is 9.54. The van der Waals surface area contributed by atoms with Gasteiger partial charge in [0.1, 0.15) is 57.5 Å². The van der Waals surface area contributed by atoms with Gasteiger partial charge in [-0.3, -0.25) is 10.1 Å². The van der Waals surface area contributed by atoms with Gasteiger partial charge in [0, 0.05) is 71.0 Å². The first kappa shape index (κ1) is 51.8. The minimum atomic E-state index is -2.67. The zero-order valence-electron chi connectivity index (χ0n) is 42.6. The van der Waals surface area contributed by atoms with Gasteiger partial charge in [-0.1, -0.05) is 60.9 Å². The fourth-order valence-corrected chi connectivity index (χ4v) is 14.1. The van der Waals surface area contributed by atoms with Crippen LogP contribution in [0, 0.1) is 11.8 Å². The number of H-pyrrole nitrogens is 1. The Labute approximate surface area is 447 Å². The summed E-state index contributed by atoms with van der Waals surface area (Å²) >= 11 is 0. The number of rotatable bonds is 14. The predicted octanol–water partition coefficient (Wildman–Crippen LogP) is 5.26. The fourth-order valence-electron chi connectivity index (χ4n) is 14.1. The summed E-state index contributed by atoms with van der Waals surface area (Å²) in [6.07, 6.45) is -0.780. The third kappa shape index (κ3) is 8.24. The number of carbonyl (C=O) groups is 1. The molecule has 2 saturated carbocycles. The third-order valence-corrected chi connectivity index (χ3v) is 17.8. The van der Waals surface area contributed by atoms with Gasteiger partial charge >= 0.3 is 5.97 Å². The second-order valence-electron chi connectivity index (χ2n) is 22.0. The number of fused-ring (bicyclic) bond motifs is 6. The second kappa shape index (κ2) is 19.8. The highest BCUT2D eigenvalue weighted by Gasteiger charge is 2.73. The number of aromatic amines is 1. The Kier molecular flexibility index (Phi) is 13.1. The van der Waals surface area contributed by atoms with E-state index in [0.717, 1.165) is 31.2 Å². The molecule has 19 nitrogen and oxygen atoms in total. The van der Waals surface area contributed by atoms with E-state index in [1.165, 1.54) is 18.2 Å². The van der Waals surface area contributed by atoms with Gasteiger partial charge in [-0.25, -0.2) is 4.79 Å². The van der Waals surface area contributed by atoms with E-state index in [1.807, 2.05) is 36.4 Å². The van der Waals surface area contributed by atoms with Crippen LogP contribution in [0.2, 0.25) is 0 Å². The number of aliphatic carboxylic acids is 1. The van der Waals surface area contributed by atoms with E-state index in [0.29, 0.717) is 85.5 Å². The summed E-state index contributed by atoms with van der Waals surface area (Å²) in [5, 5.41) is 102. The predicted molar refractivity (Wildman–Crippen MR) is 283 cm³/mol. The largest absolute Gasteiger partial charge is 0.508 e. The van der Waals surface area contributed by atoms with Crippen LogP contribution in [0.4, 0.5) is 5.82 Å². The first-order valence-corrected chi connectivity index (χ1v) is 26.8. The molecule has 6 aromatic rings. The van der Waals surface area contributed by atoms with E-state index in [1.54, 1.807) is 48.5 Å². The first-order valence-electron chi connectivity index (χ1n) is 26.8. The number of aliphatic hydroxyl groups is 5. The highest BCUT2D eigenvalue weighted by molar-refractivity contribution is 5.90. The molecule has 6 aliphatic rings. The zero-order valence-corrected chi connectivity index (χ0v) is 42.6. The Bertz CT molecular complexity index is 3330. The van der Waals surface area contributed by atoms with Gasteiger partial charge in [-0.05, 0) is 105 Å². The topological polar surface area (TPSA) is 312 Å². The van der Waals surface area contributed by atoms with Crippen LogP contribution in [0.3, 0.4) is 0 Å². The number of aliphatic hydroxyl groups excluding tert-OH is 3. The van der Waals surface area contributed by atoms with Crippen molar-refractivity contribution >= 4 is 22.8 Å². The minimum Gasteiger partial charge on any atom is -0.508 e. The molecule has 0 spiro atoms. The molecule has 2 bridgehead atoms. The number of anilines is 1. The van der Waals surface area contributed by atoms with Gasteiger partial charge in [0.05, 0.1) is 6.61 Å². The first-order chi connectivity index (χ1) is 37.6. The van der Waals surface area contributed by atoms with Gasteiger partial charge in [0.2, 0.25) is 12.0 Å². The van der Waals surface area contributed by atoms with Gasteiger partial charge in [0.25, 0.3) is 0 Å². The van der Waals surface area contributed by atoms with Crippen molar-refractivity contribution in [1.82, 2.24) is 15.6 Å². The van der Waals surface area contributed by atoms with E-state index in [4.69, 9.17) is 29.1 Å². The molecule has 2 aromatic heterocycles. The number of aromatic nitrogens is 1. The van der Waals surface area contributed by atoms with Gasteiger partial charge in [-0.2, -0.15) is 0 Å². The van der Waals surface area contributed by atoms with Crippen molar-refractivity contribution in [2.45, 2.75) is 123 Å². The molecule has 13 N–H and O–H groups in total. The normalized spacial score (nSPS) is 29.9. The number of carboxylic acids is 1. The van der Waals surface area contributed by atoms with E-state index >= 15 is 0 Å². The van der Waals surface area contributed by atoms with Crippen LogP contribution < -0.4 is 36.0 Å². The van der Waals surface area contributed by atoms with Crippen molar-refractivity contribution in [2.75, 3.05) is 25.6 Å². The lowest BCUT2D eigenvalue weighted by molar-refractivity contribution is -0.345. The Balaban J connectivity index is 1.01. The molecule has 0 amide bonds. The zero-order chi connectivity index (χ0) is 54.3. The van der Waals surface area contributed by atoms with Crippen LogP contribution in [0.15, 0.2) is 118 Å². The molecule has 2 aliphatic heterocycles. The quantitative estimate of drug-likeness (QED) is 0.0619. The number of hydrogen-bond acceptors (Lipinski definition) is 17.